The number of hydrogen-bond donors (Lipinski definition) is 1. The third kappa shape index (κ3) is 1.89. The summed E-state index contributed by atoms with van der Waals surface area (Å²) in [5, 5.41) is 3.31. The van der Waals surface area contributed by atoms with Gasteiger partial charge in [-0.2, -0.15) is 0 Å². The molecular formula is C14H16BrN3. The van der Waals surface area contributed by atoms with Gasteiger partial charge in [-0.05, 0) is 37.1 Å². The van der Waals surface area contributed by atoms with Gasteiger partial charge in [0.1, 0.15) is 0 Å². The minimum Gasteiger partial charge on any atom is -0.315 e. The average molecular weight is 306 g/mol. The molecule has 3 rings (SSSR count). The van der Waals surface area contributed by atoms with Gasteiger partial charge in [-0.3, -0.25) is 0 Å². The van der Waals surface area contributed by atoms with Crippen molar-refractivity contribution in [1.82, 2.24) is 14.9 Å². The van der Waals surface area contributed by atoms with E-state index < -0.39 is 0 Å². The quantitative estimate of drug-likeness (QED) is 0.924. The van der Waals surface area contributed by atoms with Gasteiger partial charge in [0.25, 0.3) is 0 Å². The maximum absolute atomic E-state index is 4.31. The van der Waals surface area contributed by atoms with Crippen molar-refractivity contribution in [3.8, 4) is 5.69 Å². The molecule has 1 aromatic heterocycles. The lowest BCUT2D eigenvalue weighted by Gasteiger charge is -2.28. The zero-order chi connectivity index (χ0) is 12.7. The van der Waals surface area contributed by atoms with Crippen LogP contribution in [0.15, 0.2) is 29.1 Å². The molecular weight excluding hydrogens is 290 g/mol. The monoisotopic (exact) mass is 305 g/mol. The summed E-state index contributed by atoms with van der Waals surface area (Å²) >= 11 is 3.61. The van der Waals surface area contributed by atoms with Gasteiger partial charge in [0.15, 0.2) is 0 Å². The van der Waals surface area contributed by atoms with Crippen LogP contribution in [-0.4, -0.2) is 22.6 Å². The molecule has 94 valence electrons. The molecule has 1 aromatic carbocycles. The summed E-state index contributed by atoms with van der Waals surface area (Å²) in [6, 6.07) is 4.41. The number of benzene rings is 1. The van der Waals surface area contributed by atoms with Crippen molar-refractivity contribution in [3.05, 3.63) is 46.0 Å². The van der Waals surface area contributed by atoms with Crippen LogP contribution in [0.25, 0.3) is 5.69 Å². The number of halogens is 1. The molecule has 1 aliphatic heterocycles. The number of nitrogens with zero attached hydrogens (tertiary/aromatic N) is 2. The zero-order valence-electron chi connectivity index (χ0n) is 10.6. The molecule has 0 aliphatic carbocycles. The zero-order valence-corrected chi connectivity index (χ0v) is 12.2. The van der Waals surface area contributed by atoms with Crippen LogP contribution in [0.1, 0.15) is 22.7 Å². The van der Waals surface area contributed by atoms with Gasteiger partial charge >= 0.3 is 0 Å². The first-order valence-corrected chi connectivity index (χ1v) is 6.96. The SMILES string of the molecule is Cc1cc(-n2cncc2C2CNC2)cc(C)c1Br. The smallest absolute Gasteiger partial charge is 0.0994 e. The molecule has 2 aromatic rings. The van der Waals surface area contributed by atoms with Crippen molar-refractivity contribution >= 4 is 15.9 Å². The Bertz CT molecular complexity index is 561. The predicted molar refractivity (Wildman–Crippen MR) is 76.3 cm³/mol. The number of imidazole rings is 1. The maximum atomic E-state index is 4.31. The van der Waals surface area contributed by atoms with E-state index >= 15 is 0 Å². The van der Waals surface area contributed by atoms with E-state index in [1.54, 1.807) is 0 Å². The molecule has 1 fully saturated rings. The van der Waals surface area contributed by atoms with Crippen molar-refractivity contribution in [2.75, 3.05) is 13.1 Å². The van der Waals surface area contributed by atoms with Crippen LogP contribution >= 0.6 is 15.9 Å². The highest BCUT2D eigenvalue weighted by molar-refractivity contribution is 9.10. The van der Waals surface area contributed by atoms with Gasteiger partial charge < -0.3 is 9.88 Å². The molecule has 0 atom stereocenters. The number of hydrogen-bond acceptors (Lipinski definition) is 2. The lowest BCUT2D eigenvalue weighted by molar-refractivity contribution is 0.435. The first-order valence-electron chi connectivity index (χ1n) is 6.17. The van der Waals surface area contributed by atoms with Gasteiger partial charge in [-0.25, -0.2) is 4.98 Å². The molecule has 0 amide bonds. The van der Waals surface area contributed by atoms with Gasteiger partial charge in [0, 0.05) is 41.1 Å². The van der Waals surface area contributed by atoms with Crippen molar-refractivity contribution < 1.29 is 0 Å². The van der Waals surface area contributed by atoms with Gasteiger partial charge in [0.2, 0.25) is 0 Å². The van der Waals surface area contributed by atoms with Crippen LogP contribution in [0.5, 0.6) is 0 Å². The Balaban J connectivity index is 2.07. The Morgan fingerprint density at radius 1 is 1.28 bits per heavy atom. The van der Waals surface area contributed by atoms with E-state index in [1.165, 1.54) is 27.0 Å². The molecule has 1 N–H and O–H groups in total. The fourth-order valence-electron chi connectivity index (χ4n) is 2.38. The van der Waals surface area contributed by atoms with Gasteiger partial charge in [-0.15, -0.1) is 0 Å². The van der Waals surface area contributed by atoms with Crippen LogP contribution in [0, 0.1) is 13.8 Å². The van der Waals surface area contributed by atoms with E-state index in [4.69, 9.17) is 0 Å². The minimum absolute atomic E-state index is 0.594. The van der Waals surface area contributed by atoms with E-state index in [-0.39, 0.29) is 0 Å². The predicted octanol–water partition coefficient (Wildman–Crippen LogP) is 2.94. The first kappa shape index (κ1) is 11.9. The largest absolute Gasteiger partial charge is 0.315 e. The minimum atomic E-state index is 0.594. The molecule has 1 aliphatic rings. The van der Waals surface area contributed by atoms with Crippen molar-refractivity contribution in [3.63, 3.8) is 0 Å². The molecule has 0 spiro atoms. The van der Waals surface area contributed by atoms with Gasteiger partial charge in [-0.1, -0.05) is 15.9 Å². The fourth-order valence-corrected chi connectivity index (χ4v) is 2.61. The topological polar surface area (TPSA) is 29.9 Å². The molecule has 18 heavy (non-hydrogen) atoms. The van der Waals surface area contributed by atoms with Crippen LogP contribution in [0.3, 0.4) is 0 Å². The molecule has 2 heterocycles. The number of aromatic nitrogens is 2. The van der Waals surface area contributed by atoms with Crippen LogP contribution in [-0.2, 0) is 0 Å². The van der Waals surface area contributed by atoms with Crippen molar-refractivity contribution in [1.29, 1.82) is 0 Å². The number of nitrogens with one attached hydrogen (secondary N) is 1. The Hall–Kier alpha value is -1.13. The third-order valence-corrected chi connectivity index (χ3v) is 4.82. The third-order valence-electron chi connectivity index (χ3n) is 3.57. The molecule has 0 unspecified atom stereocenters. The van der Waals surface area contributed by atoms with Gasteiger partial charge in [0.05, 0.1) is 6.33 Å². The van der Waals surface area contributed by atoms with Crippen LogP contribution in [0.2, 0.25) is 0 Å². The summed E-state index contributed by atoms with van der Waals surface area (Å²) in [6.07, 6.45) is 3.90. The van der Waals surface area contributed by atoms with E-state index in [1.807, 2.05) is 12.5 Å². The van der Waals surface area contributed by atoms with Crippen LogP contribution in [0.4, 0.5) is 0 Å². The average Bonchev–Trinajstić information content (AvgIpc) is 2.71. The van der Waals surface area contributed by atoms with E-state index in [0.29, 0.717) is 5.92 Å². The summed E-state index contributed by atoms with van der Waals surface area (Å²) in [5.74, 6) is 0.594. The first-order chi connectivity index (χ1) is 8.66. The Labute approximate surface area is 115 Å². The molecule has 0 saturated carbocycles. The highest BCUT2D eigenvalue weighted by Gasteiger charge is 2.23. The van der Waals surface area contributed by atoms with E-state index in [0.717, 1.165) is 13.1 Å². The second-order valence-corrected chi connectivity index (χ2v) is 5.73. The standard InChI is InChI=1S/C14H16BrN3/c1-9-3-12(4-10(2)14(9)15)18-8-17-7-13(18)11-5-16-6-11/h3-4,7-8,11,16H,5-6H2,1-2H3. The van der Waals surface area contributed by atoms with E-state index in [2.05, 4.69) is 56.8 Å². The van der Waals surface area contributed by atoms with E-state index in [9.17, 15) is 0 Å². The number of rotatable bonds is 2. The normalized spacial score (nSPS) is 15.7. The molecule has 4 heteroatoms. The Morgan fingerprint density at radius 3 is 2.50 bits per heavy atom. The number of aryl methyl sites for hydroxylation is 2. The van der Waals surface area contributed by atoms with Crippen molar-refractivity contribution in [2.45, 2.75) is 19.8 Å². The highest BCUT2D eigenvalue weighted by atomic mass is 79.9. The summed E-state index contributed by atoms with van der Waals surface area (Å²) in [4.78, 5) is 4.31. The molecule has 0 radical (unpaired) electrons. The maximum Gasteiger partial charge on any atom is 0.0994 e. The molecule has 1 saturated heterocycles. The lowest BCUT2D eigenvalue weighted by atomic mass is 9.99. The van der Waals surface area contributed by atoms with Crippen molar-refractivity contribution in [2.24, 2.45) is 0 Å². The Morgan fingerprint density at radius 2 is 1.94 bits per heavy atom. The summed E-state index contributed by atoms with van der Waals surface area (Å²) in [5.41, 5.74) is 5.02. The lowest BCUT2D eigenvalue weighted by Crippen LogP contribution is -2.40. The fraction of sp³-hybridized carbons (Fsp3) is 0.357. The summed E-state index contributed by atoms with van der Waals surface area (Å²) in [7, 11) is 0. The van der Waals surface area contributed by atoms with Crippen LogP contribution < -0.4 is 5.32 Å². The second-order valence-electron chi connectivity index (χ2n) is 4.94. The molecule has 0 bridgehead atoms. The molecule has 3 nitrogen and oxygen atoms in total. The highest BCUT2D eigenvalue weighted by Crippen LogP contribution is 2.27. The Kier molecular flexibility index (Phi) is 2.99. The second kappa shape index (κ2) is 4.52. The summed E-state index contributed by atoms with van der Waals surface area (Å²) in [6.45, 7) is 6.37. The summed E-state index contributed by atoms with van der Waals surface area (Å²) < 4.78 is 3.40.